The highest BCUT2D eigenvalue weighted by Crippen LogP contribution is 2.19. The summed E-state index contributed by atoms with van der Waals surface area (Å²) in [5.41, 5.74) is 1.10. The van der Waals surface area contributed by atoms with Crippen LogP contribution in [0.25, 0.3) is 0 Å². The van der Waals surface area contributed by atoms with Gasteiger partial charge in [-0.2, -0.15) is 4.37 Å². The number of anilines is 1. The van der Waals surface area contributed by atoms with Crippen molar-refractivity contribution in [2.24, 2.45) is 4.99 Å². The number of aliphatic imine (C=N–C) groups is 1. The van der Waals surface area contributed by atoms with E-state index in [1.807, 2.05) is 30.3 Å². The second kappa shape index (κ2) is 11.8. The Morgan fingerprint density at radius 1 is 1.23 bits per heavy atom. The molecule has 1 unspecified atom stereocenters. The van der Waals surface area contributed by atoms with Crippen LogP contribution < -0.4 is 10.2 Å². The minimum Gasteiger partial charge on any atom is -0.389 e. The van der Waals surface area contributed by atoms with Gasteiger partial charge >= 0.3 is 0 Å². The lowest BCUT2D eigenvalue weighted by atomic mass is 10.2. The lowest BCUT2D eigenvalue weighted by molar-refractivity contribution is 0.0330. The number of hydrogen-bond acceptors (Lipinski definition) is 7. The second-order valence-corrected chi connectivity index (χ2v) is 7.90. The highest BCUT2D eigenvalue weighted by Gasteiger charge is 2.22. The lowest BCUT2D eigenvalue weighted by Gasteiger charge is -2.36. The average molecular weight is 433 g/mol. The van der Waals surface area contributed by atoms with Gasteiger partial charge in [0.1, 0.15) is 5.82 Å². The van der Waals surface area contributed by atoms with Crippen LogP contribution in [0.2, 0.25) is 0 Å². The maximum absolute atomic E-state index is 10.3. The maximum Gasteiger partial charge on any atom is 0.205 e. The van der Waals surface area contributed by atoms with Gasteiger partial charge in [-0.3, -0.25) is 4.99 Å². The molecule has 0 aliphatic carbocycles. The molecule has 3 rings (SSSR count). The summed E-state index contributed by atoms with van der Waals surface area (Å²) in [6, 6.07) is 9.97. The van der Waals surface area contributed by atoms with Gasteiger partial charge in [-0.05, 0) is 12.5 Å². The molecule has 1 aliphatic heterocycles. The molecule has 2 heterocycles. The van der Waals surface area contributed by atoms with E-state index in [0.717, 1.165) is 61.6 Å². The van der Waals surface area contributed by atoms with Gasteiger partial charge in [-0.15, -0.1) is 0 Å². The number of aliphatic hydroxyl groups excluding tert-OH is 1. The Hall–Kier alpha value is -2.23. The number of hydrogen-bond donors (Lipinski definition) is 2. The minimum absolute atomic E-state index is 0.266. The van der Waals surface area contributed by atoms with E-state index in [1.165, 1.54) is 11.5 Å². The van der Waals surface area contributed by atoms with Crippen molar-refractivity contribution in [1.82, 2.24) is 19.6 Å². The zero-order valence-corrected chi connectivity index (χ0v) is 18.6. The predicted molar refractivity (Wildman–Crippen MR) is 121 cm³/mol. The number of aryl methyl sites for hydroxylation is 1. The quantitative estimate of drug-likeness (QED) is 0.461. The molecule has 0 saturated carbocycles. The van der Waals surface area contributed by atoms with Crippen molar-refractivity contribution >= 4 is 22.6 Å². The third kappa shape index (κ3) is 6.65. The summed E-state index contributed by atoms with van der Waals surface area (Å²) in [6.07, 6.45) is 0.239. The van der Waals surface area contributed by atoms with E-state index in [1.54, 1.807) is 0 Å². The zero-order chi connectivity index (χ0) is 21.2. The van der Waals surface area contributed by atoms with Crippen LogP contribution in [0.3, 0.4) is 0 Å². The SMILES string of the molecule is CCNC(=NCC(O)COCc1ccccc1)N1CCN(c2nc(CC)ns2)CC1. The first-order chi connectivity index (χ1) is 14.7. The van der Waals surface area contributed by atoms with Crippen LogP contribution in [0.1, 0.15) is 25.2 Å². The minimum atomic E-state index is -0.627. The molecule has 2 N–H and O–H groups in total. The van der Waals surface area contributed by atoms with E-state index in [4.69, 9.17) is 4.74 Å². The Kier molecular flexibility index (Phi) is 8.85. The van der Waals surface area contributed by atoms with Crippen molar-refractivity contribution in [2.75, 3.05) is 50.8 Å². The molecule has 0 spiro atoms. The fourth-order valence-electron chi connectivity index (χ4n) is 3.18. The normalized spacial score (nSPS) is 16.0. The van der Waals surface area contributed by atoms with Crippen LogP contribution in [-0.4, -0.2) is 77.3 Å². The standard InChI is InChI=1S/C21H32N6O2S/c1-3-19-24-21(30-25-19)27-12-10-26(11-13-27)20(22-4-2)23-14-18(28)16-29-15-17-8-6-5-7-9-17/h5-9,18,28H,3-4,10-16H2,1-2H3,(H,22,23). The summed E-state index contributed by atoms with van der Waals surface area (Å²) in [5, 5.41) is 14.6. The van der Waals surface area contributed by atoms with Gasteiger partial charge in [0.15, 0.2) is 5.96 Å². The van der Waals surface area contributed by atoms with Gasteiger partial charge in [-0.25, -0.2) is 4.98 Å². The number of rotatable bonds is 9. The average Bonchev–Trinajstić information content (AvgIpc) is 3.27. The fraction of sp³-hybridized carbons (Fsp3) is 0.571. The number of benzene rings is 1. The molecule has 1 aromatic heterocycles. The summed E-state index contributed by atoms with van der Waals surface area (Å²) in [6.45, 7) is 9.46. The van der Waals surface area contributed by atoms with Crippen molar-refractivity contribution in [3.8, 4) is 0 Å². The lowest BCUT2D eigenvalue weighted by Crippen LogP contribution is -2.52. The largest absolute Gasteiger partial charge is 0.389 e. The second-order valence-electron chi connectivity index (χ2n) is 7.17. The first-order valence-corrected chi connectivity index (χ1v) is 11.4. The van der Waals surface area contributed by atoms with Crippen molar-refractivity contribution in [3.05, 3.63) is 41.7 Å². The Bertz CT molecular complexity index is 777. The molecule has 30 heavy (non-hydrogen) atoms. The van der Waals surface area contributed by atoms with Gasteiger partial charge in [0.2, 0.25) is 5.13 Å². The number of aromatic nitrogens is 2. The zero-order valence-electron chi connectivity index (χ0n) is 17.8. The van der Waals surface area contributed by atoms with Gasteiger partial charge in [0, 0.05) is 50.7 Å². The van der Waals surface area contributed by atoms with Crippen molar-refractivity contribution in [3.63, 3.8) is 0 Å². The predicted octanol–water partition coefficient (Wildman–Crippen LogP) is 1.77. The van der Waals surface area contributed by atoms with Gasteiger partial charge in [0.05, 0.1) is 25.9 Å². The third-order valence-corrected chi connectivity index (χ3v) is 5.65. The molecule has 1 atom stereocenters. The Morgan fingerprint density at radius 3 is 2.67 bits per heavy atom. The summed E-state index contributed by atoms with van der Waals surface area (Å²) in [7, 11) is 0. The molecular formula is C21H32N6O2S. The van der Waals surface area contributed by atoms with E-state index in [9.17, 15) is 5.11 Å². The molecule has 0 bridgehead atoms. The van der Waals surface area contributed by atoms with E-state index < -0.39 is 6.10 Å². The number of guanidine groups is 1. The van der Waals surface area contributed by atoms with E-state index >= 15 is 0 Å². The van der Waals surface area contributed by atoms with Gasteiger partial charge in [0.25, 0.3) is 0 Å². The molecule has 1 aromatic carbocycles. The first-order valence-electron chi connectivity index (χ1n) is 10.6. The van der Waals surface area contributed by atoms with Crippen molar-refractivity contribution in [2.45, 2.75) is 33.0 Å². The molecule has 9 heteroatoms. The van der Waals surface area contributed by atoms with E-state index in [2.05, 4.69) is 43.3 Å². The molecule has 1 saturated heterocycles. The van der Waals surface area contributed by atoms with E-state index in [0.29, 0.717) is 13.2 Å². The molecule has 0 amide bonds. The Morgan fingerprint density at radius 2 is 2.00 bits per heavy atom. The van der Waals surface area contributed by atoms with E-state index in [-0.39, 0.29) is 6.61 Å². The molecular weight excluding hydrogens is 400 g/mol. The molecule has 1 fully saturated rings. The molecule has 0 radical (unpaired) electrons. The maximum atomic E-state index is 10.3. The Balaban J connectivity index is 1.45. The number of nitrogens with zero attached hydrogens (tertiary/aromatic N) is 5. The van der Waals surface area contributed by atoms with Crippen LogP contribution in [0.5, 0.6) is 0 Å². The summed E-state index contributed by atoms with van der Waals surface area (Å²) in [5.74, 6) is 1.75. The fourth-order valence-corrected chi connectivity index (χ4v) is 3.98. The smallest absolute Gasteiger partial charge is 0.205 e. The van der Waals surface area contributed by atoms with Crippen LogP contribution in [0.4, 0.5) is 5.13 Å². The van der Waals surface area contributed by atoms with Crippen molar-refractivity contribution < 1.29 is 9.84 Å². The summed E-state index contributed by atoms with van der Waals surface area (Å²) in [4.78, 5) is 13.7. The number of nitrogens with one attached hydrogen (secondary N) is 1. The monoisotopic (exact) mass is 432 g/mol. The van der Waals surface area contributed by atoms with Crippen molar-refractivity contribution in [1.29, 1.82) is 0 Å². The summed E-state index contributed by atoms with van der Waals surface area (Å²) >= 11 is 1.47. The van der Waals surface area contributed by atoms with Crippen LogP contribution in [0, 0.1) is 0 Å². The first kappa shape index (κ1) is 22.5. The molecule has 1 aliphatic rings. The van der Waals surface area contributed by atoms with Crippen LogP contribution >= 0.6 is 11.5 Å². The topological polar surface area (TPSA) is 86.1 Å². The Labute approximate surface area is 182 Å². The molecule has 8 nitrogen and oxygen atoms in total. The number of ether oxygens (including phenoxy) is 1. The van der Waals surface area contributed by atoms with Crippen LogP contribution in [-0.2, 0) is 17.8 Å². The highest BCUT2D eigenvalue weighted by molar-refractivity contribution is 7.09. The molecule has 2 aromatic rings. The number of aliphatic hydroxyl groups is 1. The van der Waals surface area contributed by atoms with Gasteiger partial charge < -0.3 is 25.0 Å². The van der Waals surface area contributed by atoms with Crippen LogP contribution in [0.15, 0.2) is 35.3 Å². The number of piperazine rings is 1. The highest BCUT2D eigenvalue weighted by atomic mass is 32.1. The van der Waals surface area contributed by atoms with Gasteiger partial charge in [-0.1, -0.05) is 37.3 Å². The summed E-state index contributed by atoms with van der Waals surface area (Å²) < 4.78 is 10.0. The molecule has 164 valence electrons. The third-order valence-electron chi connectivity index (χ3n) is 4.83.